The molecule has 2 aromatic carbocycles. The van der Waals surface area contributed by atoms with E-state index in [4.69, 9.17) is 11.6 Å². The van der Waals surface area contributed by atoms with Crippen molar-refractivity contribution in [3.05, 3.63) is 58.6 Å². The van der Waals surface area contributed by atoms with Crippen molar-refractivity contribution in [2.45, 2.75) is 27.7 Å². The first kappa shape index (κ1) is 14.1. The molecule has 1 aliphatic rings. The summed E-state index contributed by atoms with van der Waals surface area (Å²) in [5.41, 5.74) is 2.00. The van der Waals surface area contributed by atoms with Crippen LogP contribution in [0, 0.1) is 6.92 Å². The number of aryl methyl sites for hydroxylation is 1. The van der Waals surface area contributed by atoms with E-state index >= 15 is 0 Å². The smallest absolute Gasteiger partial charge is 0.164 e. The Morgan fingerprint density at radius 1 is 1.10 bits per heavy atom. The summed E-state index contributed by atoms with van der Waals surface area (Å²) in [5, 5.41) is 0.661. The third kappa shape index (κ3) is 3.05. The van der Waals surface area contributed by atoms with Gasteiger partial charge in [-0.3, -0.25) is 4.79 Å². The lowest BCUT2D eigenvalue weighted by Gasteiger charge is -2.06. The Hall–Kier alpha value is -0.900. The summed E-state index contributed by atoms with van der Waals surface area (Å²) < 4.78 is 0.273. The van der Waals surface area contributed by atoms with Crippen LogP contribution in [0.1, 0.15) is 22.3 Å². The van der Waals surface area contributed by atoms with Gasteiger partial charge in [-0.1, -0.05) is 17.7 Å². The molecular weight excluding hydrogens is 308 g/mol. The molecule has 0 saturated heterocycles. The van der Waals surface area contributed by atoms with Crippen LogP contribution in [0.25, 0.3) is 0 Å². The van der Waals surface area contributed by atoms with E-state index in [1.165, 1.54) is 15.4 Å². The molecule has 0 aromatic heterocycles. The Balaban J connectivity index is 1.68. The molecule has 0 aliphatic carbocycles. The van der Waals surface area contributed by atoms with Gasteiger partial charge >= 0.3 is 0 Å². The summed E-state index contributed by atoms with van der Waals surface area (Å²) in [7, 11) is 0. The van der Waals surface area contributed by atoms with E-state index in [1.807, 2.05) is 0 Å². The maximum Gasteiger partial charge on any atom is 0.164 e. The quantitative estimate of drug-likeness (QED) is 0.700. The molecule has 0 saturated carbocycles. The van der Waals surface area contributed by atoms with Crippen molar-refractivity contribution in [2.24, 2.45) is 0 Å². The molecule has 4 heteroatoms. The van der Waals surface area contributed by atoms with Crippen LogP contribution >= 0.6 is 35.1 Å². The van der Waals surface area contributed by atoms with Crippen molar-refractivity contribution < 1.29 is 4.79 Å². The molecule has 0 amide bonds. The molecule has 1 unspecified atom stereocenters. The van der Waals surface area contributed by atoms with E-state index < -0.39 is 0 Å². The number of thioether (sulfide) groups is 2. The first-order valence-corrected chi connectivity index (χ1v) is 8.48. The van der Waals surface area contributed by atoms with Gasteiger partial charge in [0.2, 0.25) is 0 Å². The predicted octanol–water partition coefficient (Wildman–Crippen LogP) is 5.45. The van der Waals surface area contributed by atoms with Crippen molar-refractivity contribution in [1.29, 1.82) is 0 Å². The minimum absolute atomic E-state index is 0.177. The Morgan fingerprint density at radius 2 is 1.80 bits per heavy atom. The molecule has 1 heterocycles. The van der Waals surface area contributed by atoms with Gasteiger partial charge in [0.25, 0.3) is 0 Å². The van der Waals surface area contributed by atoms with Crippen LogP contribution in [0.2, 0.25) is 5.02 Å². The lowest BCUT2D eigenvalue weighted by atomic mass is 10.1. The normalized spacial score (nSPS) is 17.0. The molecule has 1 atom stereocenters. The summed E-state index contributed by atoms with van der Waals surface area (Å²) in [5.74, 6) is 0.177. The zero-order chi connectivity index (χ0) is 14.1. The monoisotopic (exact) mass is 320 g/mol. The number of benzene rings is 2. The van der Waals surface area contributed by atoms with Gasteiger partial charge in [0, 0.05) is 26.8 Å². The van der Waals surface area contributed by atoms with Gasteiger partial charge in [-0.2, -0.15) is 0 Å². The summed E-state index contributed by atoms with van der Waals surface area (Å²) in [6.07, 6.45) is 0.546. The van der Waals surface area contributed by atoms with Gasteiger partial charge in [0.1, 0.15) is 0 Å². The highest BCUT2D eigenvalue weighted by Gasteiger charge is 2.25. The van der Waals surface area contributed by atoms with E-state index in [1.54, 1.807) is 47.8 Å². The van der Waals surface area contributed by atoms with Gasteiger partial charge in [0.05, 0.1) is 4.58 Å². The number of ketones is 1. The predicted molar refractivity (Wildman–Crippen MR) is 87.1 cm³/mol. The van der Waals surface area contributed by atoms with Crippen molar-refractivity contribution in [2.75, 3.05) is 0 Å². The first-order valence-electron chi connectivity index (χ1n) is 6.34. The number of hydrogen-bond donors (Lipinski definition) is 0. The van der Waals surface area contributed by atoms with Crippen molar-refractivity contribution >= 4 is 40.9 Å². The van der Waals surface area contributed by atoms with Crippen molar-refractivity contribution in [3.63, 3.8) is 0 Å². The van der Waals surface area contributed by atoms with Gasteiger partial charge in [-0.15, -0.1) is 23.5 Å². The summed E-state index contributed by atoms with van der Waals surface area (Å²) >= 11 is 9.42. The van der Waals surface area contributed by atoms with E-state index in [0.29, 0.717) is 11.4 Å². The number of Topliss-reactive ketones (excluding diaryl/α,β-unsaturated/α-hetero) is 1. The lowest BCUT2D eigenvalue weighted by Crippen LogP contribution is -2.05. The topological polar surface area (TPSA) is 17.1 Å². The maximum atomic E-state index is 12.3. The standard InChI is InChI=1S/C16H13ClOS2/c1-10-2-7-14-15(8-10)20-16(19-14)9-13(18)11-3-5-12(17)6-4-11/h2-8,16H,9H2,1H3. The van der Waals surface area contributed by atoms with Gasteiger partial charge < -0.3 is 0 Å². The van der Waals surface area contributed by atoms with Crippen LogP contribution in [0.5, 0.6) is 0 Å². The molecule has 1 aliphatic heterocycles. The second kappa shape index (κ2) is 5.84. The van der Waals surface area contributed by atoms with Gasteiger partial charge in [-0.05, 0) is 48.9 Å². The lowest BCUT2D eigenvalue weighted by molar-refractivity contribution is 0.0987. The fourth-order valence-electron chi connectivity index (χ4n) is 2.10. The minimum atomic E-state index is 0.177. The molecular formula is C16H13ClOS2. The van der Waals surface area contributed by atoms with E-state index in [2.05, 4.69) is 25.1 Å². The average molecular weight is 321 g/mol. The van der Waals surface area contributed by atoms with Crippen LogP contribution < -0.4 is 0 Å². The largest absolute Gasteiger partial charge is 0.294 e. The fourth-order valence-corrected chi connectivity index (χ4v) is 5.13. The third-order valence-electron chi connectivity index (χ3n) is 3.13. The van der Waals surface area contributed by atoms with Crippen LogP contribution in [0.4, 0.5) is 0 Å². The number of carbonyl (C=O) groups is 1. The molecule has 0 N–H and O–H groups in total. The Labute approximate surface area is 132 Å². The summed E-state index contributed by atoms with van der Waals surface area (Å²) in [4.78, 5) is 14.8. The molecule has 20 heavy (non-hydrogen) atoms. The Kier molecular flexibility index (Phi) is 4.11. The summed E-state index contributed by atoms with van der Waals surface area (Å²) in [6, 6.07) is 13.6. The number of carbonyl (C=O) groups excluding carboxylic acids is 1. The van der Waals surface area contributed by atoms with Gasteiger partial charge in [0.15, 0.2) is 5.78 Å². The molecule has 0 radical (unpaired) electrons. The highest BCUT2D eigenvalue weighted by Crippen LogP contribution is 2.49. The fraction of sp³-hybridized carbons (Fsp3) is 0.188. The zero-order valence-corrected chi connectivity index (χ0v) is 13.3. The first-order chi connectivity index (χ1) is 9.61. The van der Waals surface area contributed by atoms with Crippen LogP contribution in [-0.4, -0.2) is 10.4 Å². The van der Waals surface area contributed by atoms with E-state index in [0.717, 1.165) is 5.56 Å². The average Bonchev–Trinajstić information content (AvgIpc) is 2.80. The molecule has 2 aromatic rings. The van der Waals surface area contributed by atoms with Gasteiger partial charge in [-0.25, -0.2) is 0 Å². The second-order valence-corrected chi connectivity index (χ2v) is 7.97. The van der Waals surface area contributed by atoms with E-state index in [-0.39, 0.29) is 10.4 Å². The van der Waals surface area contributed by atoms with E-state index in [9.17, 15) is 4.79 Å². The van der Waals surface area contributed by atoms with Crippen LogP contribution in [-0.2, 0) is 0 Å². The second-order valence-electron chi connectivity index (χ2n) is 4.75. The van der Waals surface area contributed by atoms with Crippen molar-refractivity contribution in [3.8, 4) is 0 Å². The molecule has 3 rings (SSSR count). The third-order valence-corrected chi connectivity index (χ3v) is 6.15. The number of fused-ring (bicyclic) bond motifs is 1. The molecule has 0 spiro atoms. The molecule has 102 valence electrons. The molecule has 0 fully saturated rings. The van der Waals surface area contributed by atoms with Crippen molar-refractivity contribution in [1.82, 2.24) is 0 Å². The maximum absolute atomic E-state index is 12.3. The summed E-state index contributed by atoms with van der Waals surface area (Å²) in [6.45, 7) is 2.09. The number of rotatable bonds is 3. The molecule has 0 bridgehead atoms. The van der Waals surface area contributed by atoms with Crippen LogP contribution in [0.15, 0.2) is 52.3 Å². The number of hydrogen-bond acceptors (Lipinski definition) is 3. The Morgan fingerprint density at radius 3 is 2.55 bits per heavy atom. The highest BCUT2D eigenvalue weighted by molar-refractivity contribution is 8.19. The minimum Gasteiger partial charge on any atom is -0.294 e. The number of halogens is 1. The highest BCUT2D eigenvalue weighted by atomic mass is 35.5. The SMILES string of the molecule is Cc1ccc2c(c1)SC(CC(=O)c1ccc(Cl)cc1)S2. The van der Waals surface area contributed by atoms with Crippen LogP contribution in [0.3, 0.4) is 0 Å². The zero-order valence-electron chi connectivity index (χ0n) is 10.9. The Bertz CT molecular complexity index is 652. The molecule has 1 nitrogen and oxygen atoms in total.